The van der Waals surface area contributed by atoms with Crippen LogP contribution in [0.25, 0.3) is 10.9 Å². The van der Waals surface area contributed by atoms with Crippen molar-refractivity contribution in [2.24, 2.45) is 17.2 Å². The molecule has 0 aliphatic heterocycles. The summed E-state index contributed by atoms with van der Waals surface area (Å²) in [6.07, 6.45) is 5.93. The molecule has 29 heteroatoms. The molecule has 0 saturated carbocycles. The molecule has 2 aromatic heterocycles. The SMILES string of the molecule is CCCC[C@H](NC(=O)[C@@H](N)CCCNC(=N)N)C(=O)N[C@@H](CS)C(=O)N[C@@H](Cc1c[nH]cn1)C(=O)N[C@H](Cc1ccccc1)C(=O)N[C@@H](CC(Br)CNC(=N)N)C(=O)N[C@H](Cc1c[nH]c2ccccc12)C(=O)N[C@@H](CS)C(=O)O. The van der Waals surface area contributed by atoms with Crippen LogP contribution in [0.2, 0.25) is 0 Å². The Hall–Kier alpha value is -7.37. The number of carboxylic acid groups (broad SMARTS) is 1. The number of aromatic amines is 2. The second kappa shape index (κ2) is 33.2. The first-order chi connectivity index (χ1) is 37.7. The maximum atomic E-state index is 14.7. The normalized spacial score (nSPS) is 14.5. The number of hydrogen-bond donors (Lipinski definition) is 19. The number of alkyl halides is 1. The first kappa shape index (κ1) is 64.2. The average molecular weight is 1200 g/mol. The second-order valence-electron chi connectivity index (χ2n) is 18.5. The molecular formula is C50H72BrN17O9S2. The van der Waals surface area contributed by atoms with Gasteiger partial charge >= 0.3 is 5.97 Å². The highest BCUT2D eigenvalue weighted by atomic mass is 79.9. The summed E-state index contributed by atoms with van der Waals surface area (Å²) in [6.45, 7) is 2.21. The first-order valence-electron chi connectivity index (χ1n) is 25.4. The van der Waals surface area contributed by atoms with Crippen molar-refractivity contribution >= 4 is 111 Å². The smallest absolute Gasteiger partial charge is 0.327 e. The molecule has 4 aromatic rings. The minimum atomic E-state index is -1.46. The van der Waals surface area contributed by atoms with Crippen molar-refractivity contribution in [1.82, 2.24) is 62.8 Å². The maximum absolute atomic E-state index is 14.7. The van der Waals surface area contributed by atoms with Gasteiger partial charge in [0, 0.05) is 72.0 Å². The fraction of sp³-hybridized carbons (Fsp3) is 0.460. The number of nitrogens with one attached hydrogen (secondary N) is 13. The van der Waals surface area contributed by atoms with Crippen molar-refractivity contribution < 1.29 is 43.5 Å². The number of unbranched alkanes of at least 4 members (excludes halogenated alkanes) is 1. The number of fused-ring (bicyclic) bond motifs is 1. The van der Waals surface area contributed by atoms with E-state index in [9.17, 15) is 43.5 Å². The molecule has 0 aliphatic rings. The molecule has 0 aliphatic carbocycles. The number of halogens is 1. The number of rotatable bonds is 34. The molecule has 0 bridgehead atoms. The summed E-state index contributed by atoms with van der Waals surface area (Å²) in [5.41, 5.74) is 19.3. The van der Waals surface area contributed by atoms with Gasteiger partial charge in [-0.2, -0.15) is 25.3 Å². The van der Waals surface area contributed by atoms with Gasteiger partial charge in [0.05, 0.1) is 18.1 Å². The van der Waals surface area contributed by atoms with Gasteiger partial charge in [-0.15, -0.1) is 0 Å². The summed E-state index contributed by atoms with van der Waals surface area (Å²) < 4.78 is 0. The van der Waals surface area contributed by atoms with Crippen molar-refractivity contribution in [3.8, 4) is 0 Å². The lowest BCUT2D eigenvalue weighted by Gasteiger charge is -2.28. The minimum absolute atomic E-state index is 0.00722. The van der Waals surface area contributed by atoms with Crippen LogP contribution in [-0.4, -0.2) is 157 Å². The van der Waals surface area contributed by atoms with E-state index in [0.717, 1.165) is 10.9 Å². The number of guanidine groups is 2. The summed E-state index contributed by atoms with van der Waals surface area (Å²) in [5, 5.41) is 49.3. The standard InChI is InChI=1S/C50H72BrN17O9S2/c1-2-3-14-34(62-41(69)32(52)13-9-16-58-49(53)54)42(70)67-39(24-78)47(75)66-38(20-30-23-57-26-61-30)46(74)63-35(17-27-10-5-4-6-11-27)43(71)65-37(19-29(51)22-60-50(55)56)45(73)64-36(44(72)68-40(25-79)48(76)77)18-28-21-59-33-15-8-7-12-31(28)33/h4-8,10-12,15,21,23,26,29,32,34-40,59,78-79H,2-3,9,13-14,16-20,22,24-25,52H2,1H3,(H,57,61)(H,62,69)(H,63,74)(H,64,73)(H,65,71)(H,66,75)(H,67,70)(H,68,72)(H,76,77)(H4,53,54,58)(H4,55,56,60)/t29?,32-,34-,35+,36+,37-,38-,39-,40-/m0/s1. The number of carboxylic acids is 1. The van der Waals surface area contributed by atoms with E-state index in [1.807, 2.05) is 25.1 Å². The molecule has 0 spiro atoms. The van der Waals surface area contributed by atoms with Gasteiger partial charge in [0.25, 0.3) is 0 Å². The number of imidazole rings is 1. The van der Waals surface area contributed by atoms with E-state index in [4.69, 9.17) is 28.0 Å². The van der Waals surface area contributed by atoms with Crippen LogP contribution >= 0.6 is 41.2 Å². The van der Waals surface area contributed by atoms with Crippen LogP contribution in [0.3, 0.4) is 0 Å². The number of nitrogens with zero attached hydrogens (tertiary/aromatic N) is 1. The van der Waals surface area contributed by atoms with Crippen LogP contribution in [0.5, 0.6) is 0 Å². The van der Waals surface area contributed by atoms with E-state index in [2.05, 4.69) is 104 Å². The molecule has 1 unspecified atom stereocenters. The van der Waals surface area contributed by atoms with Gasteiger partial charge in [0.2, 0.25) is 41.4 Å². The molecule has 2 heterocycles. The monoisotopic (exact) mass is 1200 g/mol. The van der Waals surface area contributed by atoms with E-state index in [1.54, 1.807) is 42.6 Å². The van der Waals surface area contributed by atoms with Gasteiger partial charge < -0.3 is 80.1 Å². The van der Waals surface area contributed by atoms with Gasteiger partial charge in [0.15, 0.2) is 11.9 Å². The lowest BCUT2D eigenvalue weighted by Crippen LogP contribution is -2.61. The van der Waals surface area contributed by atoms with Gasteiger partial charge in [-0.1, -0.05) is 84.2 Å². The Labute approximate surface area is 476 Å². The summed E-state index contributed by atoms with van der Waals surface area (Å²) in [7, 11) is 0. The van der Waals surface area contributed by atoms with Crippen LogP contribution < -0.4 is 65.1 Å². The molecule has 4 rings (SSSR count). The number of hydrogen-bond acceptors (Lipinski definition) is 14. The largest absolute Gasteiger partial charge is 0.480 e. The van der Waals surface area contributed by atoms with Crippen molar-refractivity contribution in [3.05, 3.63) is 90.1 Å². The molecule has 9 atom stereocenters. The lowest BCUT2D eigenvalue weighted by atomic mass is 10.0. The topological polar surface area (TPSA) is 435 Å². The second-order valence-corrected chi connectivity index (χ2v) is 20.5. The molecule has 430 valence electrons. The van der Waals surface area contributed by atoms with Gasteiger partial charge in [-0.3, -0.25) is 44.4 Å². The Morgan fingerprint density at radius 2 is 1.18 bits per heavy atom. The van der Waals surface area contributed by atoms with Crippen LogP contribution in [0.15, 0.2) is 73.3 Å². The van der Waals surface area contributed by atoms with Gasteiger partial charge in [-0.25, -0.2) is 9.78 Å². The summed E-state index contributed by atoms with van der Waals surface area (Å²) in [5.74, 6) is -8.08. The van der Waals surface area contributed by atoms with Crippen LogP contribution in [0.1, 0.15) is 62.3 Å². The zero-order chi connectivity index (χ0) is 58.0. The van der Waals surface area contributed by atoms with E-state index in [0.29, 0.717) is 42.6 Å². The maximum Gasteiger partial charge on any atom is 0.327 e. The number of carbonyl (C=O) groups excluding carboxylic acids is 7. The van der Waals surface area contributed by atoms with Crippen molar-refractivity contribution in [1.29, 1.82) is 10.8 Å². The molecule has 0 saturated heterocycles. The Bertz CT molecular complexity index is 2690. The quantitative estimate of drug-likeness (QED) is 0.00848. The average Bonchev–Trinajstić information content (AvgIpc) is 4.16. The highest BCUT2D eigenvalue weighted by Gasteiger charge is 2.35. The summed E-state index contributed by atoms with van der Waals surface area (Å²) in [4.78, 5) is 120. The zero-order valence-corrected chi connectivity index (χ0v) is 46.9. The molecule has 20 N–H and O–H groups in total. The number of amides is 7. The number of aromatic nitrogens is 3. The third-order valence-electron chi connectivity index (χ3n) is 12.3. The van der Waals surface area contributed by atoms with Crippen LogP contribution in [0, 0.1) is 10.8 Å². The molecule has 0 fully saturated rings. The number of aliphatic carboxylic acids is 1. The lowest BCUT2D eigenvalue weighted by molar-refractivity contribution is -0.141. The number of thiol groups is 2. The number of benzene rings is 2. The predicted molar refractivity (Wildman–Crippen MR) is 307 cm³/mol. The molecule has 0 radical (unpaired) electrons. The number of carbonyl (C=O) groups is 8. The fourth-order valence-corrected chi connectivity index (χ4v) is 9.09. The molecule has 7 amide bonds. The van der Waals surface area contributed by atoms with Crippen molar-refractivity contribution in [2.45, 2.75) is 118 Å². The zero-order valence-electron chi connectivity index (χ0n) is 43.5. The number of para-hydroxylation sites is 1. The molecule has 2 aromatic carbocycles. The van der Waals surface area contributed by atoms with Gasteiger partial charge in [0.1, 0.15) is 42.3 Å². The third-order valence-corrected chi connectivity index (χ3v) is 13.8. The minimum Gasteiger partial charge on any atom is -0.480 e. The number of H-pyrrole nitrogens is 2. The van der Waals surface area contributed by atoms with Gasteiger partial charge in [-0.05, 0) is 42.9 Å². The Morgan fingerprint density at radius 3 is 1.77 bits per heavy atom. The van der Waals surface area contributed by atoms with E-state index in [1.165, 1.54) is 12.5 Å². The first-order valence-corrected chi connectivity index (χ1v) is 27.6. The van der Waals surface area contributed by atoms with E-state index in [-0.39, 0.29) is 68.5 Å². The number of nitrogens with two attached hydrogens (primary N) is 3. The molecular weight excluding hydrogens is 1130 g/mol. The highest BCUT2D eigenvalue weighted by molar-refractivity contribution is 9.09. The Morgan fingerprint density at radius 1 is 0.646 bits per heavy atom. The van der Waals surface area contributed by atoms with Crippen LogP contribution in [0.4, 0.5) is 0 Å². The summed E-state index contributed by atoms with van der Waals surface area (Å²) in [6, 6.07) is 5.25. The fourth-order valence-electron chi connectivity index (χ4n) is 8.05. The van der Waals surface area contributed by atoms with Crippen molar-refractivity contribution in [2.75, 3.05) is 24.6 Å². The third kappa shape index (κ3) is 21.8. The van der Waals surface area contributed by atoms with E-state index < -0.39 is 100 Å². The van der Waals surface area contributed by atoms with E-state index >= 15 is 0 Å². The molecule has 26 nitrogen and oxygen atoms in total. The Kier molecular flexibility index (Phi) is 26.9. The Balaban J connectivity index is 1.63. The highest BCUT2D eigenvalue weighted by Crippen LogP contribution is 2.20. The van der Waals surface area contributed by atoms with Crippen LogP contribution in [-0.2, 0) is 57.6 Å². The predicted octanol–water partition coefficient (Wildman–Crippen LogP) is -1.33. The molecule has 79 heavy (non-hydrogen) atoms. The summed E-state index contributed by atoms with van der Waals surface area (Å²) >= 11 is 11.9. The van der Waals surface area contributed by atoms with Crippen molar-refractivity contribution in [3.63, 3.8) is 0 Å².